The van der Waals surface area contributed by atoms with E-state index in [0.29, 0.717) is 5.92 Å². The molecular formula is C10H11F3N4O. The van der Waals surface area contributed by atoms with Gasteiger partial charge in [0.15, 0.2) is 5.82 Å². The van der Waals surface area contributed by atoms with Gasteiger partial charge in [-0.05, 0) is 25.0 Å². The van der Waals surface area contributed by atoms with E-state index in [1.807, 2.05) is 0 Å². The number of urea groups is 1. The molecule has 0 bridgehead atoms. The molecule has 18 heavy (non-hydrogen) atoms. The normalized spacial score (nSPS) is 15.3. The first kappa shape index (κ1) is 12.6. The van der Waals surface area contributed by atoms with Crippen LogP contribution in [0.2, 0.25) is 0 Å². The summed E-state index contributed by atoms with van der Waals surface area (Å²) in [6, 6.07) is 2.28. The molecule has 0 spiro atoms. The van der Waals surface area contributed by atoms with Crippen molar-refractivity contribution in [1.82, 2.24) is 15.5 Å². The molecule has 98 valence electrons. The molecule has 1 aliphatic rings. The number of carbonyl (C=O) groups excluding carboxylic acids is 1. The monoisotopic (exact) mass is 260 g/mol. The number of halogens is 3. The van der Waals surface area contributed by atoms with Gasteiger partial charge >= 0.3 is 12.2 Å². The van der Waals surface area contributed by atoms with Gasteiger partial charge in [0.1, 0.15) is 6.54 Å². The van der Waals surface area contributed by atoms with E-state index < -0.39 is 18.8 Å². The lowest BCUT2D eigenvalue weighted by atomic mass is 10.3. The third kappa shape index (κ3) is 3.86. The number of hydrogen-bond donors (Lipinski definition) is 2. The summed E-state index contributed by atoms with van der Waals surface area (Å²) in [7, 11) is 0. The fourth-order valence-electron chi connectivity index (χ4n) is 1.35. The van der Waals surface area contributed by atoms with Gasteiger partial charge in [-0.15, -0.1) is 5.10 Å². The fraction of sp³-hybridized carbons (Fsp3) is 0.500. The molecule has 1 fully saturated rings. The molecular weight excluding hydrogens is 249 g/mol. The highest BCUT2D eigenvalue weighted by Crippen LogP contribution is 2.38. The summed E-state index contributed by atoms with van der Waals surface area (Å²) >= 11 is 0. The highest BCUT2D eigenvalue weighted by atomic mass is 19.4. The quantitative estimate of drug-likeness (QED) is 0.873. The number of alkyl halides is 3. The molecule has 0 atom stereocenters. The van der Waals surface area contributed by atoms with Gasteiger partial charge < -0.3 is 5.32 Å². The maximum absolute atomic E-state index is 11.8. The second kappa shape index (κ2) is 4.79. The van der Waals surface area contributed by atoms with Crippen molar-refractivity contribution >= 4 is 11.8 Å². The zero-order chi connectivity index (χ0) is 13.2. The van der Waals surface area contributed by atoms with Crippen molar-refractivity contribution in [2.75, 3.05) is 11.9 Å². The van der Waals surface area contributed by atoms with E-state index in [1.165, 1.54) is 6.07 Å². The first-order valence-corrected chi connectivity index (χ1v) is 5.39. The van der Waals surface area contributed by atoms with E-state index in [2.05, 4.69) is 15.5 Å². The first-order chi connectivity index (χ1) is 8.44. The van der Waals surface area contributed by atoms with E-state index in [-0.39, 0.29) is 5.82 Å². The average Bonchev–Trinajstić information content (AvgIpc) is 3.10. The predicted molar refractivity (Wildman–Crippen MR) is 57.1 cm³/mol. The third-order valence-corrected chi connectivity index (χ3v) is 2.37. The van der Waals surface area contributed by atoms with Crippen molar-refractivity contribution in [1.29, 1.82) is 0 Å². The van der Waals surface area contributed by atoms with Crippen LogP contribution in [0.1, 0.15) is 24.5 Å². The maximum Gasteiger partial charge on any atom is 0.405 e. The third-order valence-electron chi connectivity index (χ3n) is 2.37. The number of anilines is 1. The van der Waals surface area contributed by atoms with E-state index in [0.717, 1.165) is 18.5 Å². The molecule has 0 aromatic carbocycles. The predicted octanol–water partition coefficient (Wildman–Crippen LogP) is 2.04. The molecule has 0 unspecified atom stereocenters. The van der Waals surface area contributed by atoms with Crippen LogP contribution in [0.15, 0.2) is 12.1 Å². The van der Waals surface area contributed by atoms with E-state index in [4.69, 9.17) is 0 Å². The molecule has 0 saturated heterocycles. The highest BCUT2D eigenvalue weighted by molar-refractivity contribution is 5.88. The number of amides is 2. The molecule has 0 aliphatic heterocycles. The van der Waals surface area contributed by atoms with Gasteiger partial charge in [0, 0.05) is 5.92 Å². The lowest BCUT2D eigenvalue weighted by Crippen LogP contribution is -2.36. The largest absolute Gasteiger partial charge is 0.405 e. The summed E-state index contributed by atoms with van der Waals surface area (Å²) in [6.07, 6.45) is -2.28. The first-order valence-electron chi connectivity index (χ1n) is 5.39. The number of carbonyl (C=O) groups is 1. The summed E-state index contributed by atoms with van der Waals surface area (Å²) in [5.41, 5.74) is 0.844. The average molecular weight is 260 g/mol. The Morgan fingerprint density at radius 3 is 2.56 bits per heavy atom. The summed E-state index contributed by atoms with van der Waals surface area (Å²) in [4.78, 5) is 11.1. The van der Waals surface area contributed by atoms with Gasteiger partial charge in [-0.25, -0.2) is 4.79 Å². The second-order valence-electron chi connectivity index (χ2n) is 4.04. The van der Waals surface area contributed by atoms with Crippen LogP contribution in [-0.4, -0.2) is 28.9 Å². The minimum atomic E-state index is -4.43. The second-order valence-corrected chi connectivity index (χ2v) is 4.04. The van der Waals surface area contributed by atoms with Crippen molar-refractivity contribution in [3.63, 3.8) is 0 Å². The molecule has 1 aliphatic carbocycles. The minimum Gasteiger partial charge on any atom is -0.329 e. The molecule has 8 heteroatoms. The van der Waals surface area contributed by atoms with E-state index >= 15 is 0 Å². The number of rotatable bonds is 3. The summed E-state index contributed by atoms with van der Waals surface area (Å²) in [5, 5.41) is 11.5. The topological polar surface area (TPSA) is 66.9 Å². The molecule has 2 rings (SSSR count). The summed E-state index contributed by atoms with van der Waals surface area (Å²) < 4.78 is 35.5. The molecule has 2 N–H and O–H groups in total. The van der Waals surface area contributed by atoms with Gasteiger partial charge in [0.25, 0.3) is 0 Å². The molecule has 2 amide bonds. The van der Waals surface area contributed by atoms with Crippen LogP contribution in [0.3, 0.4) is 0 Å². The smallest absolute Gasteiger partial charge is 0.329 e. The van der Waals surface area contributed by atoms with Gasteiger partial charge in [-0.1, -0.05) is 0 Å². The summed E-state index contributed by atoms with van der Waals surface area (Å²) in [5.74, 6) is 0.560. The summed E-state index contributed by atoms with van der Waals surface area (Å²) in [6.45, 7) is -1.38. The lowest BCUT2D eigenvalue weighted by molar-refractivity contribution is -0.122. The minimum absolute atomic E-state index is 0.124. The highest BCUT2D eigenvalue weighted by Gasteiger charge is 2.28. The Bertz CT molecular complexity index is 428. The Balaban J connectivity index is 1.83. The molecule has 1 aromatic heterocycles. The fourth-order valence-corrected chi connectivity index (χ4v) is 1.35. The molecule has 1 aromatic rings. The van der Waals surface area contributed by atoms with E-state index in [1.54, 1.807) is 11.4 Å². The Morgan fingerprint density at radius 2 is 2.06 bits per heavy atom. The zero-order valence-electron chi connectivity index (χ0n) is 9.29. The Labute approximate surface area is 101 Å². The van der Waals surface area contributed by atoms with Crippen molar-refractivity contribution in [3.05, 3.63) is 17.8 Å². The number of nitrogens with one attached hydrogen (secondary N) is 2. The van der Waals surface area contributed by atoms with Crippen molar-refractivity contribution in [2.45, 2.75) is 24.9 Å². The Morgan fingerprint density at radius 1 is 1.33 bits per heavy atom. The SMILES string of the molecule is O=C(NCC(F)(F)F)Nc1ccc(C2CC2)nn1. The van der Waals surface area contributed by atoms with Crippen LogP contribution in [0, 0.1) is 0 Å². The van der Waals surface area contributed by atoms with Crippen LogP contribution in [0.4, 0.5) is 23.8 Å². The number of hydrogen-bond acceptors (Lipinski definition) is 3. The molecule has 1 heterocycles. The van der Waals surface area contributed by atoms with Crippen LogP contribution in [-0.2, 0) is 0 Å². The molecule has 0 radical (unpaired) electrons. The zero-order valence-corrected chi connectivity index (χ0v) is 9.29. The van der Waals surface area contributed by atoms with E-state index in [9.17, 15) is 18.0 Å². The molecule has 1 saturated carbocycles. The van der Waals surface area contributed by atoms with Crippen LogP contribution < -0.4 is 10.6 Å². The van der Waals surface area contributed by atoms with Crippen molar-refractivity contribution in [3.8, 4) is 0 Å². The van der Waals surface area contributed by atoms with Gasteiger partial charge in [0.2, 0.25) is 0 Å². The maximum atomic E-state index is 11.8. The standard InChI is InChI=1S/C10H11F3N4O/c11-10(12,13)5-14-9(18)15-8-4-3-7(16-17-8)6-1-2-6/h3-4,6H,1-2,5H2,(H2,14,15,17,18). The molecule has 5 nitrogen and oxygen atoms in total. The Kier molecular flexibility index (Phi) is 3.35. The number of aromatic nitrogens is 2. The van der Waals surface area contributed by atoms with Gasteiger partial charge in [0.05, 0.1) is 5.69 Å². The lowest BCUT2D eigenvalue weighted by Gasteiger charge is -2.09. The van der Waals surface area contributed by atoms with Crippen molar-refractivity contribution in [2.24, 2.45) is 0 Å². The van der Waals surface area contributed by atoms with Crippen LogP contribution in [0.25, 0.3) is 0 Å². The van der Waals surface area contributed by atoms with Crippen LogP contribution in [0.5, 0.6) is 0 Å². The van der Waals surface area contributed by atoms with Crippen molar-refractivity contribution < 1.29 is 18.0 Å². The van der Waals surface area contributed by atoms with Gasteiger partial charge in [-0.3, -0.25) is 5.32 Å². The Hall–Kier alpha value is -1.86. The number of nitrogens with zero attached hydrogens (tertiary/aromatic N) is 2. The van der Waals surface area contributed by atoms with Crippen LogP contribution >= 0.6 is 0 Å². The van der Waals surface area contributed by atoms with Gasteiger partial charge in [-0.2, -0.15) is 18.3 Å².